The molecule has 0 amide bonds. The number of aryl methyl sites for hydroxylation is 2. The molecule has 32 heavy (non-hydrogen) atoms. The van der Waals surface area contributed by atoms with Gasteiger partial charge >= 0.3 is 11.9 Å². The second-order valence-corrected chi connectivity index (χ2v) is 7.78. The molecule has 2 aromatic rings. The molecule has 3 atom stereocenters. The van der Waals surface area contributed by atoms with Crippen LogP contribution < -0.4 is 0 Å². The van der Waals surface area contributed by atoms with Gasteiger partial charge in [-0.2, -0.15) is 0 Å². The molecule has 1 heterocycles. The Morgan fingerprint density at radius 2 is 1.59 bits per heavy atom. The minimum Gasteiger partial charge on any atom is -0.462 e. The van der Waals surface area contributed by atoms with E-state index in [2.05, 4.69) is 24.4 Å². The number of hydrogen-bond donors (Lipinski definition) is 0. The summed E-state index contributed by atoms with van der Waals surface area (Å²) < 4.78 is 16.9. The fourth-order valence-corrected chi connectivity index (χ4v) is 3.85. The van der Waals surface area contributed by atoms with Crippen LogP contribution in [0.2, 0.25) is 0 Å². The highest BCUT2D eigenvalue weighted by molar-refractivity contribution is 5.89. The maximum Gasteiger partial charge on any atom is 0.341 e. The molecule has 3 rings (SSSR count). The molecule has 168 valence electrons. The topological polar surface area (TPSA) is 61.8 Å². The fourth-order valence-electron chi connectivity index (χ4n) is 3.85. The number of benzene rings is 2. The first-order valence-electron chi connectivity index (χ1n) is 11.1. The monoisotopic (exact) mass is 434 g/mol. The van der Waals surface area contributed by atoms with Crippen molar-refractivity contribution in [3.8, 4) is 0 Å². The highest BCUT2D eigenvalue weighted by Gasteiger charge is 2.40. The summed E-state index contributed by atoms with van der Waals surface area (Å²) in [6.07, 6.45) is 1.86. The summed E-state index contributed by atoms with van der Waals surface area (Å²) in [5.74, 6) is -1.48. The van der Waals surface area contributed by atoms with Crippen molar-refractivity contribution < 1.29 is 23.8 Å². The normalized spacial score (nSPS) is 20.2. The summed E-state index contributed by atoms with van der Waals surface area (Å²) in [4.78, 5) is 25.2. The van der Waals surface area contributed by atoms with Crippen molar-refractivity contribution in [3.05, 3.63) is 89.7 Å². The van der Waals surface area contributed by atoms with Gasteiger partial charge in [-0.1, -0.05) is 67.2 Å². The van der Waals surface area contributed by atoms with Crippen LogP contribution in [-0.4, -0.2) is 30.9 Å². The highest BCUT2D eigenvalue weighted by atomic mass is 16.7. The number of ether oxygens (including phenoxy) is 3. The van der Waals surface area contributed by atoms with E-state index in [1.807, 2.05) is 48.5 Å². The van der Waals surface area contributed by atoms with Gasteiger partial charge in [0.15, 0.2) is 0 Å². The molecule has 0 radical (unpaired) electrons. The van der Waals surface area contributed by atoms with Crippen molar-refractivity contribution in [2.24, 2.45) is 5.92 Å². The van der Waals surface area contributed by atoms with Crippen LogP contribution in [0.3, 0.4) is 0 Å². The first-order valence-corrected chi connectivity index (χ1v) is 11.1. The molecule has 5 nitrogen and oxygen atoms in total. The van der Waals surface area contributed by atoms with Gasteiger partial charge in [0.05, 0.1) is 24.2 Å². The number of rotatable bonds is 10. The van der Waals surface area contributed by atoms with E-state index in [0.29, 0.717) is 12.8 Å². The molecule has 0 unspecified atom stereocenters. The average Bonchev–Trinajstić information content (AvgIpc) is 2.82. The summed E-state index contributed by atoms with van der Waals surface area (Å²) >= 11 is 0. The predicted octanol–water partition coefficient (Wildman–Crippen LogP) is 4.80. The molecule has 1 aliphatic heterocycles. The third kappa shape index (κ3) is 6.68. The standard InChI is InChI=1S/C27H30O5/c1-3-22(26(28)30-4-2)19-23-24(17-15-20-11-7-5-8-12-20)31-25(32-27(23)29)18-16-21-13-9-6-10-14-21/h5-14,23-25H,1,4,15-19H2,2H3/t23-,24-,25-/m0/s1. The third-order valence-corrected chi connectivity index (χ3v) is 5.56. The Morgan fingerprint density at radius 1 is 1.00 bits per heavy atom. The largest absolute Gasteiger partial charge is 0.462 e. The molecule has 0 N–H and O–H groups in total. The molecule has 0 spiro atoms. The maximum absolute atomic E-state index is 13.0. The van der Waals surface area contributed by atoms with Crippen LogP contribution in [0.1, 0.15) is 37.3 Å². The molecule has 0 aliphatic carbocycles. The summed E-state index contributed by atoms with van der Waals surface area (Å²) in [7, 11) is 0. The smallest absolute Gasteiger partial charge is 0.341 e. The van der Waals surface area contributed by atoms with Crippen LogP contribution in [0.5, 0.6) is 0 Å². The van der Waals surface area contributed by atoms with E-state index in [9.17, 15) is 9.59 Å². The van der Waals surface area contributed by atoms with Gasteiger partial charge in [0, 0.05) is 12.8 Å². The van der Waals surface area contributed by atoms with Crippen molar-refractivity contribution in [1.29, 1.82) is 0 Å². The van der Waals surface area contributed by atoms with Crippen molar-refractivity contribution >= 4 is 11.9 Å². The molecule has 1 saturated heterocycles. The average molecular weight is 435 g/mol. The Morgan fingerprint density at radius 3 is 2.16 bits per heavy atom. The third-order valence-electron chi connectivity index (χ3n) is 5.56. The molecular formula is C27H30O5. The van der Waals surface area contributed by atoms with Gasteiger partial charge in [0.1, 0.15) is 0 Å². The van der Waals surface area contributed by atoms with Gasteiger partial charge < -0.3 is 14.2 Å². The van der Waals surface area contributed by atoms with Crippen LogP contribution in [0.15, 0.2) is 78.5 Å². The van der Waals surface area contributed by atoms with Crippen LogP contribution in [0, 0.1) is 5.92 Å². The quantitative estimate of drug-likeness (QED) is 0.305. The second kappa shape index (κ2) is 12.0. The van der Waals surface area contributed by atoms with Gasteiger partial charge in [-0.15, -0.1) is 5.73 Å². The SMILES string of the molecule is C=C=C(C[C@@H]1C(=O)O[C@@H](CCc2ccccc2)O[C@H]1CCc1ccccc1)C(=O)OCC. The zero-order valence-electron chi connectivity index (χ0n) is 18.5. The summed E-state index contributed by atoms with van der Waals surface area (Å²) in [6.45, 7) is 5.57. The van der Waals surface area contributed by atoms with E-state index in [1.165, 1.54) is 5.56 Å². The lowest BCUT2D eigenvalue weighted by Crippen LogP contribution is -2.44. The lowest BCUT2D eigenvalue weighted by Gasteiger charge is -2.35. The summed E-state index contributed by atoms with van der Waals surface area (Å²) in [5.41, 5.74) is 5.20. The lowest BCUT2D eigenvalue weighted by molar-refractivity contribution is -0.232. The Balaban J connectivity index is 1.71. The zero-order chi connectivity index (χ0) is 22.8. The molecule has 0 aromatic heterocycles. The van der Waals surface area contributed by atoms with Crippen LogP contribution in [-0.2, 0) is 36.6 Å². The lowest BCUT2D eigenvalue weighted by atomic mass is 9.89. The molecule has 0 bridgehead atoms. The zero-order valence-corrected chi connectivity index (χ0v) is 18.5. The molecule has 2 aromatic carbocycles. The maximum atomic E-state index is 13.0. The number of hydrogen-bond acceptors (Lipinski definition) is 5. The van der Waals surface area contributed by atoms with Crippen molar-refractivity contribution in [3.63, 3.8) is 0 Å². The van der Waals surface area contributed by atoms with Gasteiger partial charge in [0.2, 0.25) is 6.29 Å². The molecule has 5 heteroatoms. The van der Waals surface area contributed by atoms with E-state index in [-0.39, 0.29) is 30.7 Å². The van der Waals surface area contributed by atoms with E-state index in [1.54, 1.807) is 6.92 Å². The number of cyclic esters (lactones) is 1. The van der Waals surface area contributed by atoms with Gasteiger partial charge in [0.25, 0.3) is 0 Å². The van der Waals surface area contributed by atoms with E-state index >= 15 is 0 Å². The number of esters is 2. The predicted molar refractivity (Wildman–Crippen MR) is 122 cm³/mol. The van der Waals surface area contributed by atoms with E-state index < -0.39 is 18.2 Å². The van der Waals surface area contributed by atoms with Gasteiger partial charge in [-0.3, -0.25) is 4.79 Å². The summed E-state index contributed by atoms with van der Waals surface area (Å²) in [5, 5.41) is 0. The second-order valence-electron chi connectivity index (χ2n) is 7.78. The highest BCUT2D eigenvalue weighted by Crippen LogP contribution is 2.30. The number of carbonyl (C=O) groups is 2. The Kier molecular flexibility index (Phi) is 8.85. The van der Waals surface area contributed by atoms with Gasteiger partial charge in [-0.25, -0.2) is 4.79 Å². The van der Waals surface area contributed by atoms with E-state index in [0.717, 1.165) is 18.4 Å². The Bertz CT molecular complexity index is 931. The first-order chi connectivity index (χ1) is 15.6. The summed E-state index contributed by atoms with van der Waals surface area (Å²) in [6, 6.07) is 20.1. The van der Waals surface area contributed by atoms with Crippen molar-refractivity contribution in [1.82, 2.24) is 0 Å². The van der Waals surface area contributed by atoms with Crippen molar-refractivity contribution in [2.45, 2.75) is 51.4 Å². The Hall–Kier alpha value is -3.14. The molecular weight excluding hydrogens is 404 g/mol. The van der Waals surface area contributed by atoms with Crippen LogP contribution >= 0.6 is 0 Å². The Labute approximate surface area is 189 Å². The fraction of sp³-hybridized carbons (Fsp3) is 0.370. The van der Waals surface area contributed by atoms with Crippen LogP contribution in [0.25, 0.3) is 0 Å². The molecule has 0 saturated carbocycles. The number of carbonyl (C=O) groups excluding carboxylic acids is 2. The van der Waals surface area contributed by atoms with Crippen molar-refractivity contribution in [2.75, 3.05) is 6.61 Å². The van der Waals surface area contributed by atoms with Crippen LogP contribution in [0.4, 0.5) is 0 Å². The van der Waals surface area contributed by atoms with Gasteiger partial charge in [-0.05, 0) is 37.3 Å². The minimum atomic E-state index is -0.613. The van der Waals surface area contributed by atoms with E-state index in [4.69, 9.17) is 14.2 Å². The first kappa shape index (κ1) is 23.5. The molecule has 1 aliphatic rings. The molecule has 1 fully saturated rings. The minimum absolute atomic E-state index is 0.131.